The summed E-state index contributed by atoms with van der Waals surface area (Å²) in [6, 6.07) is 9.35. The zero-order chi connectivity index (χ0) is 14.8. The van der Waals surface area contributed by atoms with Crippen LogP contribution >= 0.6 is 0 Å². The van der Waals surface area contributed by atoms with Crippen molar-refractivity contribution in [2.75, 3.05) is 7.11 Å². The van der Waals surface area contributed by atoms with Gasteiger partial charge in [-0.25, -0.2) is 9.59 Å². The average molecular weight is 277 g/mol. The Kier molecular flexibility index (Phi) is 6.89. The predicted octanol–water partition coefficient (Wildman–Crippen LogP) is 2.77. The first kappa shape index (κ1) is 15.8. The van der Waals surface area contributed by atoms with Gasteiger partial charge in [-0.3, -0.25) is 5.32 Å². The summed E-state index contributed by atoms with van der Waals surface area (Å²) in [5, 5.41) is 2.43. The molecule has 0 spiro atoms. The summed E-state index contributed by atoms with van der Waals surface area (Å²) in [6.45, 7) is 2.12. The first-order valence-corrected chi connectivity index (χ1v) is 6.42. The maximum Gasteiger partial charge on any atom is 0.411 e. The maximum absolute atomic E-state index is 11.5. The number of esters is 1. The molecule has 0 unspecified atom stereocenters. The number of benzene rings is 1. The topological polar surface area (TPSA) is 64.6 Å². The molecule has 0 aliphatic heterocycles. The van der Waals surface area contributed by atoms with Gasteiger partial charge in [-0.05, 0) is 12.0 Å². The van der Waals surface area contributed by atoms with Gasteiger partial charge in [0.15, 0.2) is 0 Å². The summed E-state index contributed by atoms with van der Waals surface area (Å²) in [6.07, 6.45) is 2.04. The Morgan fingerprint density at radius 1 is 1.25 bits per heavy atom. The van der Waals surface area contributed by atoms with E-state index in [1.54, 1.807) is 0 Å². The third-order valence-electron chi connectivity index (χ3n) is 2.54. The quantitative estimate of drug-likeness (QED) is 0.641. The molecule has 0 fully saturated rings. The van der Waals surface area contributed by atoms with E-state index in [0.29, 0.717) is 12.0 Å². The molecule has 0 radical (unpaired) electrons. The fourth-order valence-corrected chi connectivity index (χ4v) is 1.54. The third-order valence-corrected chi connectivity index (χ3v) is 2.54. The fourth-order valence-electron chi connectivity index (χ4n) is 1.54. The van der Waals surface area contributed by atoms with E-state index in [-0.39, 0.29) is 6.61 Å². The van der Waals surface area contributed by atoms with Gasteiger partial charge >= 0.3 is 12.1 Å². The lowest BCUT2D eigenvalue weighted by atomic mass is 10.2. The summed E-state index contributed by atoms with van der Waals surface area (Å²) in [5.41, 5.74) is 1.31. The number of hydrogen-bond donors (Lipinski definition) is 1. The third kappa shape index (κ3) is 5.56. The standard InChI is InChI=1S/C15H19NO4/c1-3-7-13(14(17)19-2)10-16-15(18)20-11-12-8-5-4-6-9-12/h4-6,8-10H,3,7,11H2,1-2H3,(H,16,18)/b13-10+. The molecule has 0 atom stereocenters. The first-order valence-electron chi connectivity index (χ1n) is 6.42. The molecule has 1 rings (SSSR count). The Labute approximate surface area is 118 Å². The van der Waals surface area contributed by atoms with Crippen molar-refractivity contribution >= 4 is 12.1 Å². The second-order valence-electron chi connectivity index (χ2n) is 4.12. The largest absolute Gasteiger partial charge is 0.466 e. The first-order chi connectivity index (χ1) is 9.67. The van der Waals surface area contributed by atoms with E-state index >= 15 is 0 Å². The number of rotatable bonds is 6. The Balaban J connectivity index is 2.46. The Morgan fingerprint density at radius 3 is 2.55 bits per heavy atom. The average Bonchev–Trinajstić information content (AvgIpc) is 2.49. The van der Waals surface area contributed by atoms with E-state index in [1.165, 1.54) is 13.3 Å². The van der Waals surface area contributed by atoms with Gasteiger partial charge in [-0.2, -0.15) is 0 Å². The molecule has 0 aliphatic carbocycles. The van der Waals surface area contributed by atoms with Gasteiger partial charge in [0.25, 0.3) is 0 Å². The van der Waals surface area contributed by atoms with Gasteiger partial charge in [0.1, 0.15) is 6.61 Å². The van der Waals surface area contributed by atoms with E-state index in [0.717, 1.165) is 12.0 Å². The van der Waals surface area contributed by atoms with E-state index in [9.17, 15) is 9.59 Å². The molecule has 1 aromatic rings. The van der Waals surface area contributed by atoms with Crippen LogP contribution in [0.5, 0.6) is 0 Å². The highest BCUT2D eigenvalue weighted by Gasteiger charge is 2.09. The molecule has 0 bridgehead atoms. The van der Waals surface area contributed by atoms with Crippen LogP contribution in [0.25, 0.3) is 0 Å². The Morgan fingerprint density at radius 2 is 1.95 bits per heavy atom. The minimum Gasteiger partial charge on any atom is -0.466 e. The Hall–Kier alpha value is -2.30. The van der Waals surface area contributed by atoms with E-state index in [4.69, 9.17) is 4.74 Å². The lowest BCUT2D eigenvalue weighted by Crippen LogP contribution is -2.20. The zero-order valence-electron chi connectivity index (χ0n) is 11.7. The highest BCUT2D eigenvalue weighted by molar-refractivity contribution is 5.88. The lowest BCUT2D eigenvalue weighted by Gasteiger charge is -2.06. The van der Waals surface area contributed by atoms with Crippen LogP contribution in [0, 0.1) is 0 Å². The predicted molar refractivity (Wildman–Crippen MR) is 74.8 cm³/mol. The van der Waals surface area contributed by atoms with Gasteiger partial charge in [-0.15, -0.1) is 0 Å². The van der Waals surface area contributed by atoms with Crippen molar-refractivity contribution in [2.24, 2.45) is 0 Å². The van der Waals surface area contributed by atoms with Crippen molar-refractivity contribution in [3.63, 3.8) is 0 Å². The van der Waals surface area contributed by atoms with Gasteiger partial charge in [0, 0.05) is 6.20 Å². The minimum absolute atomic E-state index is 0.182. The number of carbonyl (C=O) groups is 2. The SMILES string of the molecule is CCC/C(=C\NC(=O)OCc1ccccc1)C(=O)OC. The van der Waals surface area contributed by atoms with Crippen molar-refractivity contribution in [2.45, 2.75) is 26.4 Å². The molecular formula is C15H19NO4. The highest BCUT2D eigenvalue weighted by Crippen LogP contribution is 2.06. The Bertz CT molecular complexity index is 468. The van der Waals surface area contributed by atoms with Crippen molar-refractivity contribution in [3.05, 3.63) is 47.7 Å². The maximum atomic E-state index is 11.5. The molecular weight excluding hydrogens is 258 g/mol. The summed E-state index contributed by atoms with van der Waals surface area (Å²) in [7, 11) is 1.31. The number of carbonyl (C=O) groups excluding carboxylic acids is 2. The number of alkyl carbamates (subject to hydrolysis) is 1. The molecule has 1 N–H and O–H groups in total. The minimum atomic E-state index is -0.605. The van der Waals surface area contributed by atoms with E-state index in [2.05, 4.69) is 10.1 Å². The zero-order valence-corrected chi connectivity index (χ0v) is 11.7. The second kappa shape index (κ2) is 8.74. The molecule has 0 aliphatic rings. The normalized spacial score (nSPS) is 10.8. The van der Waals surface area contributed by atoms with Crippen LogP contribution in [0.15, 0.2) is 42.1 Å². The monoisotopic (exact) mass is 277 g/mol. The number of nitrogens with one attached hydrogen (secondary N) is 1. The number of amides is 1. The van der Waals surface area contributed by atoms with Crippen LogP contribution < -0.4 is 5.32 Å². The van der Waals surface area contributed by atoms with Crippen LogP contribution in [-0.4, -0.2) is 19.2 Å². The molecule has 0 saturated carbocycles. The van der Waals surface area contributed by atoms with Crippen LogP contribution in [0.3, 0.4) is 0 Å². The number of ether oxygens (including phenoxy) is 2. The van der Waals surface area contributed by atoms with Crippen molar-refractivity contribution in [3.8, 4) is 0 Å². The highest BCUT2D eigenvalue weighted by atomic mass is 16.5. The van der Waals surface area contributed by atoms with Crippen molar-refractivity contribution in [1.82, 2.24) is 5.32 Å². The molecule has 20 heavy (non-hydrogen) atoms. The van der Waals surface area contributed by atoms with Crippen LogP contribution in [0.4, 0.5) is 4.79 Å². The van der Waals surface area contributed by atoms with Gasteiger partial charge < -0.3 is 9.47 Å². The molecule has 1 aromatic carbocycles. The van der Waals surface area contributed by atoms with Crippen LogP contribution in [-0.2, 0) is 20.9 Å². The molecule has 1 amide bonds. The smallest absolute Gasteiger partial charge is 0.411 e. The van der Waals surface area contributed by atoms with E-state index < -0.39 is 12.1 Å². The van der Waals surface area contributed by atoms with Crippen LogP contribution in [0.2, 0.25) is 0 Å². The summed E-state index contributed by atoms with van der Waals surface area (Å²) in [5.74, 6) is -0.449. The molecule has 108 valence electrons. The molecule has 0 saturated heterocycles. The number of methoxy groups -OCH3 is 1. The molecule has 5 heteroatoms. The molecule has 0 aromatic heterocycles. The molecule has 0 heterocycles. The fraction of sp³-hybridized carbons (Fsp3) is 0.333. The lowest BCUT2D eigenvalue weighted by molar-refractivity contribution is -0.136. The molecule has 5 nitrogen and oxygen atoms in total. The summed E-state index contributed by atoms with van der Waals surface area (Å²) >= 11 is 0. The van der Waals surface area contributed by atoms with Crippen LogP contribution in [0.1, 0.15) is 25.3 Å². The van der Waals surface area contributed by atoms with Gasteiger partial charge in [-0.1, -0.05) is 43.7 Å². The van der Waals surface area contributed by atoms with E-state index in [1.807, 2.05) is 37.3 Å². The van der Waals surface area contributed by atoms with Crippen molar-refractivity contribution in [1.29, 1.82) is 0 Å². The number of hydrogen-bond acceptors (Lipinski definition) is 4. The van der Waals surface area contributed by atoms with Gasteiger partial charge in [0.2, 0.25) is 0 Å². The second-order valence-corrected chi connectivity index (χ2v) is 4.12. The van der Waals surface area contributed by atoms with Gasteiger partial charge in [0.05, 0.1) is 12.7 Å². The van der Waals surface area contributed by atoms with Crippen molar-refractivity contribution < 1.29 is 19.1 Å². The summed E-state index contributed by atoms with van der Waals surface area (Å²) in [4.78, 5) is 22.9. The summed E-state index contributed by atoms with van der Waals surface area (Å²) < 4.78 is 9.65.